The molecule has 0 unspecified atom stereocenters. The number of rotatable bonds is 0. The first-order chi connectivity index (χ1) is 1.00. The van der Waals surface area contributed by atoms with Crippen molar-refractivity contribution in [3.63, 3.8) is 0 Å². The molecule has 0 aromatic rings. The van der Waals surface area contributed by atoms with Crippen LogP contribution in [0.4, 0.5) is 0 Å². The van der Waals surface area contributed by atoms with Crippen LogP contribution in [0.5, 0.6) is 0 Å². The van der Waals surface area contributed by atoms with Crippen LogP contribution in [-0.4, -0.2) is 110 Å². The molecule has 0 bridgehead atoms. The summed E-state index contributed by atoms with van der Waals surface area (Å²) >= 11 is 0. The predicted molar refractivity (Wildman–Crippen MR) is 49.2 cm³/mol. The molecule has 0 heterocycles. The van der Waals surface area contributed by atoms with Gasteiger partial charge in [-0.3, -0.25) is 0 Å². The average molecular weight is 334 g/mol. The topological polar surface area (TPSA) is 304 Å². The molecule has 11 heteroatoms. The molecule has 0 amide bonds. The van der Waals surface area contributed by atoms with Gasteiger partial charge >= 0.3 is 48.9 Å². The van der Waals surface area contributed by atoms with Crippen molar-refractivity contribution < 1.29 is 54.4 Å². The van der Waals surface area contributed by atoms with E-state index in [-0.39, 0.29) is 98.2 Å². The monoisotopic (exact) mass is 334 g/mol. The average Bonchev–Trinajstić information content (AvgIpc) is 1.00. The van der Waals surface area contributed by atoms with Gasteiger partial charge in [0.25, 0.3) is 0 Å². The minimum atomic E-state index is 0. The quantitative estimate of drug-likeness (QED) is 0.414. The van der Waals surface area contributed by atoms with Crippen LogP contribution in [0.1, 0.15) is 0 Å². The molecule has 0 fully saturated rings. The van der Waals surface area contributed by atoms with Crippen molar-refractivity contribution in [1.29, 1.82) is 0 Å². The number of hydrogen-bond acceptors (Lipinski definition) is 1. The van der Waals surface area contributed by atoms with Gasteiger partial charge in [-0.05, 0) is 0 Å². The van der Waals surface area contributed by atoms with E-state index in [1.54, 1.807) is 0 Å². The maximum atomic E-state index is 7.00. The van der Waals surface area contributed by atoms with Crippen molar-refractivity contribution in [2.24, 2.45) is 0 Å². The van der Waals surface area contributed by atoms with Gasteiger partial charge in [-0.15, -0.1) is 0 Å². The van der Waals surface area contributed by atoms with Gasteiger partial charge in [-0.2, -0.15) is 0 Å². The zero-order chi connectivity index (χ0) is 2.00. The van der Waals surface area contributed by atoms with E-state index in [9.17, 15) is 0 Å². The molecule has 0 aliphatic carbocycles. The van der Waals surface area contributed by atoms with Crippen molar-refractivity contribution in [2.75, 3.05) is 7.11 Å². The third kappa shape index (κ3) is 842. The third-order valence-corrected chi connectivity index (χ3v) is 0. The fourth-order valence-corrected chi connectivity index (χ4v) is 0. The van der Waals surface area contributed by atoms with E-state index >= 15 is 0 Å². The maximum absolute atomic E-state index is 7.00. The molecule has 0 radical (unpaired) electrons. The Labute approximate surface area is 109 Å². The van der Waals surface area contributed by atoms with Gasteiger partial charge in [0.05, 0.1) is 0 Å². The van der Waals surface area contributed by atoms with Crippen LogP contribution in [0, 0.1) is 0 Å². The fourth-order valence-electron chi connectivity index (χ4n) is 0. The summed E-state index contributed by atoms with van der Waals surface area (Å²) in [7, 11) is 1.00. The molecule has 90 valence electrons. The summed E-state index contributed by atoms with van der Waals surface area (Å²) in [6.07, 6.45) is 0. The summed E-state index contributed by atoms with van der Waals surface area (Å²) < 4.78 is 0. The molecule has 0 atom stereocenters. The van der Waals surface area contributed by atoms with Crippen molar-refractivity contribution in [3.05, 3.63) is 0 Å². The Hall–Kier alpha value is 1.17. The zero-order valence-electron chi connectivity index (χ0n) is 5.95. The van der Waals surface area contributed by atoms with E-state index in [2.05, 4.69) is 0 Å². The molecule has 0 aliphatic heterocycles. The SMILES string of the molecule is CO.O.O.O.O.O.O.O.O.O.[BaH2]. The Morgan fingerprint density at radius 1 is 0.417 bits per heavy atom. The summed E-state index contributed by atoms with van der Waals surface area (Å²) in [6.45, 7) is 0. The van der Waals surface area contributed by atoms with Gasteiger partial charge in [0, 0.05) is 7.11 Å². The zero-order valence-corrected chi connectivity index (χ0v) is 5.95. The van der Waals surface area contributed by atoms with Gasteiger partial charge in [0.1, 0.15) is 0 Å². The fraction of sp³-hybridized carbons (Fsp3) is 1.00. The summed E-state index contributed by atoms with van der Waals surface area (Å²) in [6, 6.07) is 0. The van der Waals surface area contributed by atoms with Crippen molar-refractivity contribution in [2.45, 2.75) is 0 Å². The second-order valence-electron chi connectivity index (χ2n) is 0. The Kier molecular flexibility index (Phi) is 38200. The van der Waals surface area contributed by atoms with Crippen LogP contribution in [0.2, 0.25) is 0 Å². The first kappa shape index (κ1) is 414. The molecule has 0 aromatic heterocycles. The van der Waals surface area contributed by atoms with Crippen LogP contribution in [0.15, 0.2) is 0 Å². The molecular weight excluding hydrogens is 309 g/mol. The van der Waals surface area contributed by atoms with Gasteiger partial charge < -0.3 is 54.4 Å². The van der Waals surface area contributed by atoms with Gasteiger partial charge in [-0.1, -0.05) is 0 Å². The summed E-state index contributed by atoms with van der Waals surface area (Å²) in [5, 5.41) is 7.00. The van der Waals surface area contributed by atoms with E-state index in [1.165, 1.54) is 0 Å². The number of hydrogen-bond donors (Lipinski definition) is 1. The second kappa shape index (κ2) is 1110. The van der Waals surface area contributed by atoms with Crippen LogP contribution in [0.3, 0.4) is 0 Å². The van der Waals surface area contributed by atoms with E-state index in [0.717, 1.165) is 7.11 Å². The Balaban J connectivity index is -0.000000000111. The van der Waals surface area contributed by atoms with Gasteiger partial charge in [-0.25, -0.2) is 0 Å². The summed E-state index contributed by atoms with van der Waals surface area (Å²) in [4.78, 5) is 0. The summed E-state index contributed by atoms with van der Waals surface area (Å²) in [5.74, 6) is 0. The van der Waals surface area contributed by atoms with Gasteiger partial charge in [0.15, 0.2) is 0 Å². The molecule has 0 aliphatic rings. The van der Waals surface area contributed by atoms with Gasteiger partial charge in [0.2, 0.25) is 0 Å². The molecule has 10 nitrogen and oxygen atoms in total. The third-order valence-electron chi connectivity index (χ3n) is 0. The molecule has 19 N–H and O–H groups in total. The molecule has 0 saturated heterocycles. The van der Waals surface area contributed by atoms with E-state index in [0.29, 0.717) is 0 Å². The molecule has 12 heavy (non-hydrogen) atoms. The molecule has 0 spiro atoms. The van der Waals surface area contributed by atoms with Crippen LogP contribution in [-0.2, 0) is 0 Å². The molecule has 0 aromatic carbocycles. The molecule has 0 rings (SSSR count). The molecule has 0 saturated carbocycles. The van der Waals surface area contributed by atoms with Crippen molar-refractivity contribution >= 4 is 48.9 Å². The minimum absolute atomic E-state index is 0. The predicted octanol–water partition coefficient (Wildman–Crippen LogP) is -8.73. The summed E-state index contributed by atoms with van der Waals surface area (Å²) in [5.41, 5.74) is 0. The Morgan fingerprint density at radius 3 is 0.417 bits per heavy atom. The number of aliphatic hydroxyl groups excluding tert-OH is 1. The van der Waals surface area contributed by atoms with E-state index in [4.69, 9.17) is 5.11 Å². The Morgan fingerprint density at radius 2 is 0.417 bits per heavy atom. The normalized spacial score (nSPS) is 0.500. The van der Waals surface area contributed by atoms with E-state index < -0.39 is 0 Å². The first-order valence-corrected chi connectivity index (χ1v) is 0.447. The van der Waals surface area contributed by atoms with Crippen LogP contribution >= 0.6 is 0 Å². The second-order valence-corrected chi connectivity index (χ2v) is 0. The molecular formula is CH24BaO10. The number of aliphatic hydroxyl groups is 1. The van der Waals surface area contributed by atoms with Crippen LogP contribution in [0.25, 0.3) is 0 Å². The van der Waals surface area contributed by atoms with Crippen LogP contribution < -0.4 is 0 Å². The van der Waals surface area contributed by atoms with Crippen molar-refractivity contribution in [3.8, 4) is 0 Å². The van der Waals surface area contributed by atoms with E-state index in [1.807, 2.05) is 0 Å². The van der Waals surface area contributed by atoms with Crippen molar-refractivity contribution in [1.82, 2.24) is 0 Å². The first-order valence-electron chi connectivity index (χ1n) is 0.447. The Bertz CT molecular complexity index is 9.80. The standard InChI is InChI=1S/CH4O.Ba.9H2O.2H/c1-2;;;;;;;;;;;;/h2H,1H3;;9*1H2;;.